The summed E-state index contributed by atoms with van der Waals surface area (Å²) in [4.78, 5) is 15.7. The number of carbonyl (C=O) groups excluding carboxylic acids is 1. The molecule has 1 heterocycles. The molecule has 0 fully saturated rings. The van der Waals surface area contributed by atoms with Crippen LogP contribution in [-0.2, 0) is 6.18 Å². The van der Waals surface area contributed by atoms with Crippen molar-refractivity contribution in [2.24, 2.45) is 0 Å². The van der Waals surface area contributed by atoms with Gasteiger partial charge in [-0.25, -0.2) is 4.98 Å². The molecule has 0 saturated heterocycles. The van der Waals surface area contributed by atoms with Crippen LogP contribution in [0.4, 0.5) is 18.9 Å². The third-order valence-electron chi connectivity index (χ3n) is 2.49. The van der Waals surface area contributed by atoms with Crippen LogP contribution in [0.1, 0.15) is 16.1 Å². The van der Waals surface area contributed by atoms with E-state index in [1.165, 1.54) is 18.2 Å². The van der Waals surface area contributed by atoms with E-state index in [-0.39, 0.29) is 21.6 Å². The van der Waals surface area contributed by atoms with Crippen LogP contribution < -0.4 is 5.32 Å². The second-order valence-corrected chi connectivity index (χ2v) is 4.79. The van der Waals surface area contributed by atoms with Gasteiger partial charge in [0.1, 0.15) is 10.8 Å². The average molecular weight is 335 g/mol. The molecule has 0 spiro atoms. The highest BCUT2D eigenvalue weighted by atomic mass is 35.5. The zero-order chi connectivity index (χ0) is 15.6. The van der Waals surface area contributed by atoms with Gasteiger partial charge in [-0.15, -0.1) is 0 Å². The molecule has 1 aromatic carbocycles. The zero-order valence-corrected chi connectivity index (χ0v) is 11.7. The van der Waals surface area contributed by atoms with Crippen molar-refractivity contribution in [2.75, 3.05) is 5.32 Å². The molecular weight excluding hydrogens is 328 g/mol. The number of hydrogen-bond donors (Lipinski definition) is 1. The fraction of sp³-hybridized carbons (Fsp3) is 0.0769. The first-order chi connectivity index (χ1) is 9.77. The molecule has 1 N–H and O–H groups in total. The first-order valence-electron chi connectivity index (χ1n) is 5.58. The average Bonchev–Trinajstić information content (AvgIpc) is 2.40. The predicted molar refractivity (Wildman–Crippen MR) is 73.7 cm³/mol. The SMILES string of the molecule is O=C(Nc1cc(C(F)(F)F)ccc1Cl)c1cccc(Cl)n1. The highest BCUT2D eigenvalue weighted by Gasteiger charge is 2.31. The molecule has 2 aromatic rings. The van der Waals surface area contributed by atoms with Crippen molar-refractivity contribution in [3.8, 4) is 0 Å². The van der Waals surface area contributed by atoms with Crippen LogP contribution in [0.25, 0.3) is 0 Å². The molecule has 0 aliphatic carbocycles. The topological polar surface area (TPSA) is 42.0 Å². The summed E-state index contributed by atoms with van der Waals surface area (Å²) in [7, 11) is 0. The van der Waals surface area contributed by atoms with Crippen LogP contribution >= 0.6 is 23.2 Å². The molecule has 0 aliphatic heterocycles. The third-order valence-corrected chi connectivity index (χ3v) is 3.03. The van der Waals surface area contributed by atoms with Gasteiger partial charge in [0.2, 0.25) is 0 Å². The number of benzene rings is 1. The minimum Gasteiger partial charge on any atom is -0.319 e. The third kappa shape index (κ3) is 3.86. The number of anilines is 1. The molecular formula is C13H7Cl2F3N2O. The summed E-state index contributed by atoms with van der Waals surface area (Å²) in [6, 6.07) is 6.99. The highest BCUT2D eigenvalue weighted by molar-refractivity contribution is 6.34. The summed E-state index contributed by atoms with van der Waals surface area (Å²) in [6.07, 6.45) is -4.53. The standard InChI is InChI=1S/C13H7Cl2F3N2O/c14-8-5-4-7(13(16,17)18)6-10(8)20-12(21)9-2-1-3-11(15)19-9/h1-6H,(H,20,21). The quantitative estimate of drug-likeness (QED) is 0.811. The molecule has 110 valence electrons. The molecule has 8 heteroatoms. The summed E-state index contributed by atoms with van der Waals surface area (Å²) < 4.78 is 37.9. The lowest BCUT2D eigenvalue weighted by Crippen LogP contribution is -2.15. The minimum absolute atomic E-state index is 0.0154. The maximum atomic E-state index is 12.6. The Morgan fingerprint density at radius 3 is 2.48 bits per heavy atom. The monoisotopic (exact) mass is 334 g/mol. The number of nitrogens with zero attached hydrogens (tertiary/aromatic N) is 1. The molecule has 1 amide bonds. The van der Waals surface area contributed by atoms with E-state index >= 15 is 0 Å². The van der Waals surface area contributed by atoms with Gasteiger partial charge in [0, 0.05) is 0 Å². The van der Waals surface area contributed by atoms with Gasteiger partial charge in [-0.05, 0) is 30.3 Å². The Morgan fingerprint density at radius 1 is 1.14 bits per heavy atom. The Labute approximate surface area is 127 Å². The Hall–Kier alpha value is -1.79. The zero-order valence-electron chi connectivity index (χ0n) is 10.2. The maximum Gasteiger partial charge on any atom is 0.416 e. The fourth-order valence-electron chi connectivity index (χ4n) is 1.52. The minimum atomic E-state index is -4.53. The number of pyridine rings is 1. The van der Waals surface area contributed by atoms with E-state index in [1.807, 2.05) is 0 Å². The predicted octanol–water partition coefficient (Wildman–Crippen LogP) is 4.66. The molecule has 21 heavy (non-hydrogen) atoms. The second-order valence-electron chi connectivity index (χ2n) is 3.99. The van der Waals surface area contributed by atoms with Gasteiger partial charge >= 0.3 is 6.18 Å². The van der Waals surface area contributed by atoms with Crippen molar-refractivity contribution >= 4 is 34.8 Å². The molecule has 0 saturated carbocycles. The second kappa shape index (κ2) is 5.91. The van der Waals surface area contributed by atoms with Crippen molar-refractivity contribution in [1.82, 2.24) is 4.98 Å². The number of rotatable bonds is 2. The van der Waals surface area contributed by atoms with E-state index in [0.29, 0.717) is 0 Å². The van der Waals surface area contributed by atoms with Crippen LogP contribution in [0.2, 0.25) is 10.2 Å². The number of hydrogen-bond acceptors (Lipinski definition) is 2. The van der Waals surface area contributed by atoms with Gasteiger partial charge in [0.15, 0.2) is 0 Å². The van der Waals surface area contributed by atoms with Crippen LogP contribution in [0.15, 0.2) is 36.4 Å². The van der Waals surface area contributed by atoms with Crippen LogP contribution in [0.3, 0.4) is 0 Å². The van der Waals surface area contributed by atoms with Gasteiger partial charge in [-0.1, -0.05) is 29.3 Å². The number of halogens is 5. The lowest BCUT2D eigenvalue weighted by atomic mass is 10.2. The summed E-state index contributed by atoms with van der Waals surface area (Å²) in [5, 5.41) is 2.35. The lowest BCUT2D eigenvalue weighted by molar-refractivity contribution is -0.137. The first-order valence-corrected chi connectivity index (χ1v) is 6.33. The van der Waals surface area contributed by atoms with Gasteiger partial charge in [0.25, 0.3) is 5.91 Å². The van der Waals surface area contributed by atoms with Crippen molar-refractivity contribution in [2.45, 2.75) is 6.18 Å². The first kappa shape index (κ1) is 15.6. The van der Waals surface area contributed by atoms with Crippen LogP contribution in [0, 0.1) is 0 Å². The summed E-state index contributed by atoms with van der Waals surface area (Å²) in [5.74, 6) is -0.710. The van der Waals surface area contributed by atoms with Crippen LogP contribution in [0.5, 0.6) is 0 Å². The van der Waals surface area contributed by atoms with Crippen molar-refractivity contribution in [3.63, 3.8) is 0 Å². The molecule has 0 unspecified atom stereocenters. The number of amides is 1. The van der Waals surface area contributed by atoms with E-state index in [9.17, 15) is 18.0 Å². The molecule has 3 nitrogen and oxygen atoms in total. The van der Waals surface area contributed by atoms with E-state index in [1.54, 1.807) is 0 Å². The largest absolute Gasteiger partial charge is 0.416 e. The van der Waals surface area contributed by atoms with Crippen molar-refractivity contribution in [3.05, 3.63) is 57.8 Å². The van der Waals surface area contributed by atoms with E-state index in [2.05, 4.69) is 10.3 Å². The fourth-order valence-corrected chi connectivity index (χ4v) is 1.85. The Balaban J connectivity index is 2.29. The highest BCUT2D eigenvalue weighted by Crippen LogP contribution is 2.33. The Bertz CT molecular complexity index is 689. The summed E-state index contributed by atoms with van der Waals surface area (Å²) >= 11 is 11.4. The molecule has 0 bridgehead atoms. The Morgan fingerprint density at radius 2 is 1.86 bits per heavy atom. The van der Waals surface area contributed by atoms with Crippen molar-refractivity contribution < 1.29 is 18.0 Å². The number of carbonyl (C=O) groups is 1. The van der Waals surface area contributed by atoms with Gasteiger partial charge < -0.3 is 5.32 Å². The lowest BCUT2D eigenvalue weighted by Gasteiger charge is -2.11. The Kier molecular flexibility index (Phi) is 4.39. The van der Waals surface area contributed by atoms with Crippen LogP contribution in [-0.4, -0.2) is 10.9 Å². The van der Waals surface area contributed by atoms with Gasteiger partial charge in [-0.3, -0.25) is 4.79 Å². The normalized spacial score (nSPS) is 11.3. The maximum absolute atomic E-state index is 12.6. The number of alkyl halides is 3. The molecule has 0 aliphatic rings. The van der Waals surface area contributed by atoms with E-state index < -0.39 is 17.6 Å². The summed E-state index contributed by atoms with van der Waals surface area (Å²) in [5.41, 5.74) is -1.10. The number of aromatic nitrogens is 1. The smallest absolute Gasteiger partial charge is 0.319 e. The molecule has 0 radical (unpaired) electrons. The van der Waals surface area contributed by atoms with Gasteiger partial charge in [0.05, 0.1) is 16.3 Å². The van der Waals surface area contributed by atoms with E-state index in [0.717, 1.165) is 18.2 Å². The molecule has 2 rings (SSSR count). The molecule has 0 atom stereocenters. The van der Waals surface area contributed by atoms with Gasteiger partial charge in [-0.2, -0.15) is 13.2 Å². The molecule has 1 aromatic heterocycles. The summed E-state index contributed by atoms with van der Waals surface area (Å²) in [6.45, 7) is 0. The number of nitrogens with one attached hydrogen (secondary N) is 1. The van der Waals surface area contributed by atoms with Crippen molar-refractivity contribution in [1.29, 1.82) is 0 Å². The van der Waals surface area contributed by atoms with E-state index in [4.69, 9.17) is 23.2 Å².